The van der Waals surface area contributed by atoms with Crippen LogP contribution in [0.25, 0.3) is 0 Å². The Hall–Kier alpha value is -3.20. The van der Waals surface area contributed by atoms with E-state index in [0.717, 1.165) is 12.8 Å². The van der Waals surface area contributed by atoms with Gasteiger partial charge in [-0.15, -0.1) is 0 Å². The average molecular weight is 464 g/mol. The fourth-order valence-electron chi connectivity index (χ4n) is 3.94. The summed E-state index contributed by atoms with van der Waals surface area (Å²) in [6.45, 7) is 15.3. The lowest BCUT2D eigenvalue weighted by molar-refractivity contribution is -0.176. The molecular formula is C28H37N3O3. The van der Waals surface area contributed by atoms with Crippen molar-refractivity contribution in [2.45, 2.75) is 61.3 Å². The third kappa shape index (κ3) is 6.02. The minimum absolute atomic E-state index is 0.173. The Labute approximate surface area is 204 Å². The van der Waals surface area contributed by atoms with Gasteiger partial charge in [-0.1, -0.05) is 41.5 Å². The van der Waals surface area contributed by atoms with E-state index >= 15 is 0 Å². The summed E-state index contributed by atoms with van der Waals surface area (Å²) in [5.74, 6) is 0.493. The molecule has 2 aromatic rings. The molecule has 0 fully saturated rings. The zero-order chi connectivity index (χ0) is 25.4. The second-order valence-electron chi connectivity index (χ2n) is 9.94. The van der Waals surface area contributed by atoms with Crippen molar-refractivity contribution in [3.05, 3.63) is 54.1 Å². The predicted octanol–water partition coefficient (Wildman–Crippen LogP) is 7.77. The van der Waals surface area contributed by atoms with Crippen LogP contribution in [-0.2, 0) is 9.53 Å². The fourth-order valence-corrected chi connectivity index (χ4v) is 3.94. The molecule has 6 nitrogen and oxygen atoms in total. The number of rotatable bonds is 11. The number of benzene rings is 2. The van der Waals surface area contributed by atoms with E-state index in [2.05, 4.69) is 57.8 Å². The summed E-state index contributed by atoms with van der Waals surface area (Å²) in [6.07, 6.45) is 1.76. The number of azo groups is 1. The van der Waals surface area contributed by atoms with Crippen molar-refractivity contribution in [3.63, 3.8) is 0 Å². The maximum atomic E-state index is 13.2. The second-order valence-corrected chi connectivity index (χ2v) is 9.94. The molecule has 0 amide bonds. The standard InChI is InChI=1S/C28H37N3O3/c1-8-26(3,4)28(7,27(5,6)9-2)25(32)34-19-18-33-24-16-14-23(15-17-24)31-30-22-12-10-21(20-29)11-13-22/h10-17H,8-9,18-19H2,1-7H3/b31-30+. The van der Waals surface area contributed by atoms with E-state index in [4.69, 9.17) is 14.7 Å². The molecule has 0 radical (unpaired) electrons. The van der Waals surface area contributed by atoms with Gasteiger partial charge in [-0.3, -0.25) is 4.79 Å². The monoisotopic (exact) mass is 463 g/mol. The number of ether oxygens (including phenoxy) is 2. The number of esters is 1. The highest BCUT2D eigenvalue weighted by molar-refractivity contribution is 5.78. The highest BCUT2D eigenvalue weighted by Gasteiger charge is 2.56. The molecule has 0 aromatic heterocycles. The molecule has 0 spiro atoms. The molecule has 0 bridgehead atoms. The van der Waals surface area contributed by atoms with Crippen LogP contribution in [0, 0.1) is 27.6 Å². The van der Waals surface area contributed by atoms with E-state index in [1.165, 1.54) is 0 Å². The maximum Gasteiger partial charge on any atom is 0.313 e. The molecule has 0 N–H and O–H groups in total. The number of nitrogens with zero attached hydrogens (tertiary/aromatic N) is 3. The van der Waals surface area contributed by atoms with Gasteiger partial charge in [-0.2, -0.15) is 15.5 Å². The van der Waals surface area contributed by atoms with Crippen LogP contribution in [0.5, 0.6) is 5.75 Å². The maximum absolute atomic E-state index is 13.2. The lowest BCUT2D eigenvalue weighted by Crippen LogP contribution is -2.53. The largest absolute Gasteiger partial charge is 0.490 e. The summed E-state index contributed by atoms with van der Waals surface area (Å²) in [6, 6.07) is 16.2. The molecule has 0 aliphatic carbocycles. The van der Waals surface area contributed by atoms with Crippen molar-refractivity contribution in [2.24, 2.45) is 26.5 Å². The van der Waals surface area contributed by atoms with E-state index < -0.39 is 5.41 Å². The third-order valence-electron chi connectivity index (χ3n) is 7.58. The number of hydrogen-bond donors (Lipinski definition) is 0. The Morgan fingerprint density at radius 1 is 0.824 bits per heavy atom. The molecule has 6 heteroatoms. The van der Waals surface area contributed by atoms with Crippen LogP contribution in [0.15, 0.2) is 58.8 Å². The van der Waals surface area contributed by atoms with Gasteiger partial charge in [0.1, 0.15) is 19.0 Å². The lowest BCUT2D eigenvalue weighted by atomic mass is 9.52. The van der Waals surface area contributed by atoms with Crippen LogP contribution in [0.1, 0.15) is 66.9 Å². The number of hydrogen-bond acceptors (Lipinski definition) is 6. The van der Waals surface area contributed by atoms with Crippen molar-refractivity contribution in [3.8, 4) is 11.8 Å². The van der Waals surface area contributed by atoms with Crippen LogP contribution in [0.3, 0.4) is 0 Å². The number of nitriles is 1. The van der Waals surface area contributed by atoms with E-state index in [-0.39, 0.29) is 30.0 Å². The quantitative estimate of drug-likeness (QED) is 0.193. The first kappa shape index (κ1) is 27.0. The number of carbonyl (C=O) groups excluding carboxylic acids is 1. The minimum atomic E-state index is -0.620. The zero-order valence-electron chi connectivity index (χ0n) is 21.5. The summed E-state index contributed by atoms with van der Waals surface area (Å²) in [4.78, 5) is 13.2. The Morgan fingerprint density at radius 2 is 1.29 bits per heavy atom. The van der Waals surface area contributed by atoms with E-state index in [1.807, 2.05) is 6.92 Å². The SMILES string of the molecule is CCC(C)(C)C(C)(C(=O)OCCOc1ccc(/N=N/c2ccc(C#N)cc2)cc1)C(C)(C)CC. The van der Waals surface area contributed by atoms with Crippen molar-refractivity contribution in [1.29, 1.82) is 5.26 Å². The lowest BCUT2D eigenvalue weighted by Gasteiger charge is -2.51. The Morgan fingerprint density at radius 3 is 1.74 bits per heavy atom. The Kier molecular flexibility index (Phi) is 8.98. The van der Waals surface area contributed by atoms with Gasteiger partial charge < -0.3 is 9.47 Å². The molecule has 2 rings (SSSR count). The summed E-state index contributed by atoms with van der Waals surface area (Å²) in [5.41, 5.74) is 0.914. The molecule has 0 atom stereocenters. The first-order valence-corrected chi connectivity index (χ1v) is 11.8. The smallest absolute Gasteiger partial charge is 0.313 e. The highest BCUT2D eigenvalue weighted by atomic mass is 16.6. The minimum Gasteiger partial charge on any atom is -0.490 e. The van der Waals surface area contributed by atoms with Gasteiger partial charge in [-0.05, 0) is 79.1 Å². The molecular weight excluding hydrogens is 426 g/mol. The summed E-state index contributed by atoms with van der Waals surface area (Å²) < 4.78 is 11.5. The molecule has 2 aromatic carbocycles. The molecule has 34 heavy (non-hydrogen) atoms. The average Bonchev–Trinajstić information content (AvgIpc) is 2.85. The van der Waals surface area contributed by atoms with Crippen molar-refractivity contribution in [2.75, 3.05) is 13.2 Å². The van der Waals surface area contributed by atoms with Gasteiger partial charge >= 0.3 is 5.97 Å². The van der Waals surface area contributed by atoms with Gasteiger partial charge in [0.15, 0.2) is 0 Å². The van der Waals surface area contributed by atoms with Crippen LogP contribution in [-0.4, -0.2) is 19.2 Å². The van der Waals surface area contributed by atoms with Crippen molar-refractivity contribution < 1.29 is 14.3 Å². The van der Waals surface area contributed by atoms with Gasteiger partial charge in [0, 0.05) is 0 Å². The van der Waals surface area contributed by atoms with Gasteiger partial charge in [0.2, 0.25) is 0 Å². The van der Waals surface area contributed by atoms with Crippen molar-refractivity contribution in [1.82, 2.24) is 0 Å². The summed E-state index contributed by atoms with van der Waals surface area (Å²) in [5, 5.41) is 17.2. The van der Waals surface area contributed by atoms with Crippen LogP contribution < -0.4 is 4.74 Å². The number of carbonyl (C=O) groups is 1. The van der Waals surface area contributed by atoms with Crippen molar-refractivity contribution >= 4 is 17.3 Å². The Balaban J connectivity index is 1.92. The molecule has 0 aliphatic rings. The van der Waals surface area contributed by atoms with Gasteiger partial charge in [-0.25, -0.2) is 0 Å². The molecule has 0 saturated carbocycles. The Bertz CT molecular complexity index is 1000. The first-order chi connectivity index (χ1) is 16.0. The molecule has 0 saturated heterocycles. The first-order valence-electron chi connectivity index (χ1n) is 11.8. The fraction of sp³-hybridized carbons (Fsp3) is 0.500. The second kappa shape index (κ2) is 11.3. The predicted molar refractivity (Wildman–Crippen MR) is 134 cm³/mol. The van der Waals surface area contributed by atoms with E-state index in [1.54, 1.807) is 48.5 Å². The van der Waals surface area contributed by atoms with Crippen LogP contribution >= 0.6 is 0 Å². The summed E-state index contributed by atoms with van der Waals surface area (Å²) >= 11 is 0. The van der Waals surface area contributed by atoms with Gasteiger partial charge in [0.05, 0.1) is 28.4 Å². The highest BCUT2D eigenvalue weighted by Crippen LogP contribution is 2.55. The third-order valence-corrected chi connectivity index (χ3v) is 7.58. The molecule has 0 heterocycles. The van der Waals surface area contributed by atoms with E-state index in [0.29, 0.717) is 22.7 Å². The van der Waals surface area contributed by atoms with Crippen LogP contribution in [0.4, 0.5) is 11.4 Å². The topological polar surface area (TPSA) is 84.0 Å². The van der Waals surface area contributed by atoms with Crippen LogP contribution in [0.2, 0.25) is 0 Å². The summed E-state index contributed by atoms with van der Waals surface area (Å²) in [7, 11) is 0. The van der Waals surface area contributed by atoms with Gasteiger partial charge in [0.25, 0.3) is 0 Å². The molecule has 0 unspecified atom stereocenters. The normalized spacial score (nSPS) is 12.4. The molecule has 0 aliphatic heterocycles. The van der Waals surface area contributed by atoms with E-state index in [9.17, 15) is 4.79 Å². The molecule has 182 valence electrons. The zero-order valence-corrected chi connectivity index (χ0v) is 21.5.